The lowest BCUT2D eigenvalue weighted by molar-refractivity contribution is 0.366. The largest absolute Gasteiger partial charge is 0.339 e. The molecule has 1 aromatic carbocycles. The van der Waals surface area contributed by atoms with Gasteiger partial charge in [-0.25, -0.2) is 0 Å². The van der Waals surface area contributed by atoms with Crippen LogP contribution in [-0.4, -0.2) is 16.7 Å². The maximum Gasteiger partial charge on any atom is 0.226 e. The van der Waals surface area contributed by atoms with Crippen LogP contribution < -0.4 is 5.73 Å². The molecule has 18 heavy (non-hydrogen) atoms. The highest BCUT2D eigenvalue weighted by atomic mass is 16.5. The summed E-state index contributed by atoms with van der Waals surface area (Å²) in [5.41, 5.74) is 7.79. The number of rotatable bonds is 5. The van der Waals surface area contributed by atoms with E-state index < -0.39 is 0 Å². The predicted molar refractivity (Wildman–Crippen MR) is 71.0 cm³/mol. The van der Waals surface area contributed by atoms with Gasteiger partial charge in [-0.1, -0.05) is 41.9 Å². The number of benzene rings is 1. The highest BCUT2D eigenvalue weighted by molar-refractivity contribution is 5.54. The predicted octanol–water partition coefficient (Wildman–Crippen LogP) is 2.57. The number of hydrogen-bond donors (Lipinski definition) is 1. The van der Waals surface area contributed by atoms with Gasteiger partial charge in [0.2, 0.25) is 11.7 Å². The first-order valence-corrected chi connectivity index (χ1v) is 6.28. The third kappa shape index (κ3) is 3.17. The fourth-order valence-corrected chi connectivity index (χ4v) is 1.66. The van der Waals surface area contributed by atoms with Gasteiger partial charge < -0.3 is 10.3 Å². The van der Waals surface area contributed by atoms with Crippen molar-refractivity contribution in [2.75, 3.05) is 6.54 Å². The number of nitrogens with zero attached hydrogens (tertiary/aromatic N) is 2. The third-order valence-corrected chi connectivity index (χ3v) is 3.03. The second-order valence-corrected chi connectivity index (χ2v) is 4.76. The molecule has 4 nitrogen and oxygen atoms in total. The van der Waals surface area contributed by atoms with Gasteiger partial charge in [-0.3, -0.25) is 0 Å². The van der Waals surface area contributed by atoms with E-state index >= 15 is 0 Å². The first kappa shape index (κ1) is 12.8. The van der Waals surface area contributed by atoms with Crippen LogP contribution in [0.1, 0.15) is 24.8 Å². The summed E-state index contributed by atoms with van der Waals surface area (Å²) in [6, 6.07) is 8.10. The van der Waals surface area contributed by atoms with Crippen LogP contribution in [0.2, 0.25) is 0 Å². The molecule has 96 valence electrons. The van der Waals surface area contributed by atoms with Gasteiger partial charge >= 0.3 is 0 Å². The Morgan fingerprint density at radius 3 is 2.67 bits per heavy atom. The molecule has 0 fully saturated rings. The molecule has 0 saturated carbocycles. The third-order valence-electron chi connectivity index (χ3n) is 3.03. The van der Waals surface area contributed by atoms with Crippen LogP contribution in [0.5, 0.6) is 0 Å². The zero-order chi connectivity index (χ0) is 13.0. The smallest absolute Gasteiger partial charge is 0.226 e. The molecule has 0 aliphatic carbocycles. The molecule has 0 aliphatic rings. The van der Waals surface area contributed by atoms with Crippen molar-refractivity contribution in [3.63, 3.8) is 0 Å². The van der Waals surface area contributed by atoms with Gasteiger partial charge in [0.1, 0.15) is 0 Å². The molecule has 1 heterocycles. The van der Waals surface area contributed by atoms with Crippen LogP contribution in [0.4, 0.5) is 0 Å². The van der Waals surface area contributed by atoms with E-state index in [1.165, 1.54) is 5.56 Å². The first-order valence-electron chi connectivity index (χ1n) is 6.28. The topological polar surface area (TPSA) is 64.9 Å². The van der Waals surface area contributed by atoms with Crippen molar-refractivity contribution >= 4 is 0 Å². The normalized spacial score (nSPS) is 12.6. The second-order valence-electron chi connectivity index (χ2n) is 4.76. The lowest BCUT2D eigenvalue weighted by atomic mass is 10.1. The second kappa shape index (κ2) is 5.78. The molecular formula is C14H19N3O. The maximum atomic E-state index is 5.58. The van der Waals surface area contributed by atoms with Gasteiger partial charge in [0.15, 0.2) is 0 Å². The fourth-order valence-electron chi connectivity index (χ4n) is 1.66. The monoisotopic (exact) mass is 245 g/mol. The lowest BCUT2D eigenvalue weighted by Crippen LogP contribution is -2.11. The number of aryl methyl sites for hydroxylation is 2. The highest BCUT2D eigenvalue weighted by Gasteiger charge is 2.09. The van der Waals surface area contributed by atoms with E-state index in [1.807, 2.05) is 24.3 Å². The maximum absolute atomic E-state index is 5.58. The molecule has 4 heteroatoms. The molecule has 2 rings (SSSR count). The summed E-state index contributed by atoms with van der Waals surface area (Å²) in [5.74, 6) is 1.83. The molecule has 0 spiro atoms. The van der Waals surface area contributed by atoms with E-state index in [4.69, 9.17) is 10.3 Å². The zero-order valence-electron chi connectivity index (χ0n) is 10.9. The molecule has 2 aromatic rings. The number of hydrogen-bond acceptors (Lipinski definition) is 4. The van der Waals surface area contributed by atoms with E-state index in [0.717, 1.165) is 18.4 Å². The van der Waals surface area contributed by atoms with E-state index in [0.29, 0.717) is 24.2 Å². The average molecular weight is 245 g/mol. The number of nitrogens with two attached hydrogens (primary N) is 1. The summed E-state index contributed by atoms with van der Waals surface area (Å²) >= 11 is 0. The molecule has 1 unspecified atom stereocenters. The molecule has 0 saturated heterocycles. The van der Waals surface area contributed by atoms with Crippen molar-refractivity contribution < 1.29 is 4.52 Å². The van der Waals surface area contributed by atoms with Crippen LogP contribution in [0.3, 0.4) is 0 Å². The Morgan fingerprint density at radius 1 is 1.28 bits per heavy atom. The Labute approximate surface area is 107 Å². The van der Waals surface area contributed by atoms with Crippen molar-refractivity contribution in [1.82, 2.24) is 10.1 Å². The van der Waals surface area contributed by atoms with Crippen molar-refractivity contribution in [2.24, 2.45) is 11.7 Å². The van der Waals surface area contributed by atoms with Crippen molar-refractivity contribution in [2.45, 2.75) is 26.7 Å². The molecule has 2 N–H and O–H groups in total. The summed E-state index contributed by atoms with van der Waals surface area (Å²) < 4.78 is 5.24. The van der Waals surface area contributed by atoms with E-state index in [2.05, 4.69) is 24.0 Å². The van der Waals surface area contributed by atoms with Crippen molar-refractivity contribution in [1.29, 1.82) is 0 Å². The van der Waals surface area contributed by atoms with Crippen LogP contribution in [-0.2, 0) is 6.42 Å². The Morgan fingerprint density at radius 2 is 2.00 bits per heavy atom. The minimum absolute atomic E-state index is 0.486. The molecule has 0 aliphatic heterocycles. The minimum Gasteiger partial charge on any atom is -0.339 e. The van der Waals surface area contributed by atoms with Gasteiger partial charge in [-0.15, -0.1) is 0 Å². The first-order chi connectivity index (χ1) is 8.69. The summed E-state index contributed by atoms with van der Waals surface area (Å²) in [6.45, 7) is 4.87. The average Bonchev–Trinajstić information content (AvgIpc) is 2.85. The zero-order valence-corrected chi connectivity index (χ0v) is 10.9. The molecule has 0 amide bonds. The van der Waals surface area contributed by atoms with Crippen molar-refractivity contribution in [3.05, 3.63) is 35.7 Å². The molecular weight excluding hydrogens is 226 g/mol. The molecule has 0 radical (unpaired) electrons. The highest BCUT2D eigenvalue weighted by Crippen LogP contribution is 2.17. The van der Waals surface area contributed by atoms with Gasteiger partial charge in [-0.2, -0.15) is 4.98 Å². The van der Waals surface area contributed by atoms with Crippen LogP contribution in [0.15, 0.2) is 28.8 Å². The number of aromatic nitrogens is 2. The lowest BCUT2D eigenvalue weighted by Gasteiger charge is -2.03. The SMILES string of the molecule is Cc1ccc(-c2noc(CCC(C)CN)n2)cc1. The van der Waals surface area contributed by atoms with E-state index in [1.54, 1.807) is 0 Å². The van der Waals surface area contributed by atoms with Gasteiger partial charge in [-0.05, 0) is 25.8 Å². The van der Waals surface area contributed by atoms with Gasteiger partial charge in [0.05, 0.1) is 0 Å². The summed E-state index contributed by atoms with van der Waals surface area (Å²) in [4.78, 5) is 4.40. The Kier molecular flexibility index (Phi) is 4.10. The summed E-state index contributed by atoms with van der Waals surface area (Å²) in [6.07, 6.45) is 1.77. The van der Waals surface area contributed by atoms with Crippen LogP contribution in [0, 0.1) is 12.8 Å². The Hall–Kier alpha value is -1.68. The Balaban J connectivity index is 2.03. The van der Waals surface area contributed by atoms with Crippen LogP contribution >= 0.6 is 0 Å². The van der Waals surface area contributed by atoms with E-state index in [-0.39, 0.29) is 0 Å². The standard InChI is InChI=1S/C14H19N3O/c1-10-3-6-12(7-4-10)14-16-13(18-17-14)8-5-11(2)9-15/h3-4,6-7,11H,5,8-9,15H2,1-2H3. The molecule has 1 aromatic heterocycles. The quantitative estimate of drug-likeness (QED) is 0.879. The Bertz CT molecular complexity index is 490. The molecule has 1 atom stereocenters. The molecule has 0 bridgehead atoms. The fraction of sp³-hybridized carbons (Fsp3) is 0.429. The summed E-state index contributed by atoms with van der Waals surface area (Å²) in [7, 11) is 0. The minimum atomic E-state index is 0.486. The van der Waals surface area contributed by atoms with Gasteiger partial charge in [0, 0.05) is 12.0 Å². The van der Waals surface area contributed by atoms with E-state index in [9.17, 15) is 0 Å². The van der Waals surface area contributed by atoms with Crippen molar-refractivity contribution in [3.8, 4) is 11.4 Å². The van der Waals surface area contributed by atoms with Crippen LogP contribution in [0.25, 0.3) is 11.4 Å². The summed E-state index contributed by atoms with van der Waals surface area (Å²) in [5, 5.41) is 4.00. The van der Waals surface area contributed by atoms with Gasteiger partial charge in [0.25, 0.3) is 0 Å².